The summed E-state index contributed by atoms with van der Waals surface area (Å²) in [7, 11) is 0. The molecule has 1 saturated heterocycles. The Hall–Kier alpha value is -3.90. The highest BCUT2D eigenvalue weighted by atomic mass is 16.6. The molecule has 4 N–H and O–H groups in total. The number of furan rings is 1. The normalized spacial score (nSPS) is 21.3. The standard InChI is InChI=1S/C40H53N3O8/c44-36(35(24-28-7-2-1-3-8-28)41-40(47)51-27-33-10-6-19-49-33)26-31(39(46)42-38-34-11-5-4-9-30(34)25-37(38)45)23-29-12-14-32(15-13-29)50-22-18-43-16-20-48-21-17-43/h4-6,9-15,19,28,31,35-38,44-45H,1-3,7-8,16-18,20-27H2,(H,41,47)(H,42,46)/t31-,35+,36+,37-,38+/m1/s1. The van der Waals surface area contributed by atoms with Crippen LogP contribution in [0.2, 0.25) is 0 Å². The monoisotopic (exact) mass is 703 g/mol. The first-order valence-corrected chi connectivity index (χ1v) is 18.6. The first-order chi connectivity index (χ1) is 24.9. The molecule has 11 heteroatoms. The molecule has 6 rings (SSSR count). The predicted octanol–water partition coefficient (Wildman–Crippen LogP) is 4.94. The number of carbonyl (C=O) groups is 2. The molecule has 1 aliphatic heterocycles. The Balaban J connectivity index is 1.14. The van der Waals surface area contributed by atoms with Gasteiger partial charge in [-0.3, -0.25) is 9.69 Å². The SMILES string of the molecule is O=C(N[C@@H](CC1CCCCC1)[C@@H](O)C[C@@H](Cc1ccc(OCCN2CCOCC2)cc1)C(=O)N[C@H]1c2ccccc2C[C@H]1O)OCc1ccco1. The number of amides is 2. The lowest BCUT2D eigenvalue weighted by atomic mass is 9.82. The van der Waals surface area contributed by atoms with Crippen molar-refractivity contribution in [2.75, 3.05) is 39.5 Å². The summed E-state index contributed by atoms with van der Waals surface area (Å²) in [5.74, 6) is 0.747. The Morgan fingerprint density at radius 2 is 1.76 bits per heavy atom. The van der Waals surface area contributed by atoms with Crippen LogP contribution in [0.25, 0.3) is 0 Å². The summed E-state index contributed by atoms with van der Waals surface area (Å²) in [6.45, 7) is 4.69. The summed E-state index contributed by atoms with van der Waals surface area (Å²) in [4.78, 5) is 29.4. The molecule has 0 radical (unpaired) electrons. The molecule has 1 aromatic heterocycles. The number of rotatable bonds is 16. The van der Waals surface area contributed by atoms with Crippen molar-refractivity contribution in [1.82, 2.24) is 15.5 Å². The lowest BCUT2D eigenvalue weighted by molar-refractivity contribution is -0.127. The van der Waals surface area contributed by atoms with Crippen LogP contribution >= 0.6 is 0 Å². The van der Waals surface area contributed by atoms with Gasteiger partial charge >= 0.3 is 6.09 Å². The number of morpholine rings is 1. The van der Waals surface area contributed by atoms with E-state index in [4.69, 9.17) is 18.6 Å². The van der Waals surface area contributed by atoms with Gasteiger partial charge in [0.2, 0.25) is 5.91 Å². The number of benzene rings is 2. The summed E-state index contributed by atoms with van der Waals surface area (Å²) in [5.41, 5.74) is 2.85. The molecule has 2 fully saturated rings. The first-order valence-electron chi connectivity index (χ1n) is 18.6. The Labute approximate surface area is 300 Å². The van der Waals surface area contributed by atoms with Crippen LogP contribution in [0.4, 0.5) is 4.79 Å². The number of hydrogen-bond donors (Lipinski definition) is 4. The third kappa shape index (κ3) is 10.8. The molecule has 3 aliphatic rings. The molecule has 276 valence electrons. The zero-order valence-electron chi connectivity index (χ0n) is 29.4. The summed E-state index contributed by atoms with van der Waals surface area (Å²) >= 11 is 0. The molecule has 0 spiro atoms. The second kappa shape index (κ2) is 18.5. The number of fused-ring (bicyclic) bond motifs is 1. The average molecular weight is 704 g/mol. The molecule has 51 heavy (non-hydrogen) atoms. The van der Waals surface area contributed by atoms with Gasteiger partial charge in [0, 0.05) is 32.0 Å². The van der Waals surface area contributed by atoms with Crippen molar-refractivity contribution in [2.24, 2.45) is 11.8 Å². The van der Waals surface area contributed by atoms with E-state index in [1.165, 1.54) is 12.7 Å². The highest BCUT2D eigenvalue weighted by Crippen LogP contribution is 2.33. The predicted molar refractivity (Wildman–Crippen MR) is 191 cm³/mol. The lowest BCUT2D eigenvalue weighted by Gasteiger charge is -2.32. The Bertz CT molecular complexity index is 1500. The summed E-state index contributed by atoms with van der Waals surface area (Å²) in [5, 5.41) is 28.8. The Morgan fingerprint density at radius 1 is 0.980 bits per heavy atom. The zero-order chi connectivity index (χ0) is 35.4. The van der Waals surface area contributed by atoms with Crippen LogP contribution < -0.4 is 15.4 Å². The summed E-state index contributed by atoms with van der Waals surface area (Å²) in [6, 6.07) is 17.8. The molecular weight excluding hydrogens is 650 g/mol. The molecule has 5 atom stereocenters. The van der Waals surface area contributed by atoms with Crippen LogP contribution in [0.1, 0.15) is 73.4 Å². The molecule has 0 unspecified atom stereocenters. The van der Waals surface area contributed by atoms with Crippen LogP contribution in [-0.2, 0) is 33.7 Å². The molecule has 2 heterocycles. The number of carbonyl (C=O) groups excluding carboxylic acids is 2. The van der Waals surface area contributed by atoms with Crippen LogP contribution in [0, 0.1) is 11.8 Å². The molecule has 2 amide bonds. The van der Waals surface area contributed by atoms with Crippen LogP contribution in [-0.4, -0.2) is 84.8 Å². The average Bonchev–Trinajstić information content (AvgIpc) is 3.79. The number of hydrogen-bond acceptors (Lipinski definition) is 9. The van der Waals surface area contributed by atoms with Crippen LogP contribution in [0.5, 0.6) is 5.75 Å². The zero-order valence-corrected chi connectivity index (χ0v) is 29.4. The molecule has 11 nitrogen and oxygen atoms in total. The summed E-state index contributed by atoms with van der Waals surface area (Å²) < 4.78 is 22.2. The maximum Gasteiger partial charge on any atom is 0.407 e. The maximum absolute atomic E-state index is 14.1. The Kier molecular flexibility index (Phi) is 13.4. The van der Waals surface area contributed by atoms with Crippen molar-refractivity contribution in [3.63, 3.8) is 0 Å². The van der Waals surface area contributed by atoms with E-state index in [9.17, 15) is 19.8 Å². The minimum absolute atomic E-state index is 0.0196. The van der Waals surface area contributed by atoms with Gasteiger partial charge in [-0.15, -0.1) is 0 Å². The van der Waals surface area contributed by atoms with Crippen molar-refractivity contribution in [2.45, 2.75) is 88.7 Å². The van der Waals surface area contributed by atoms with Crippen molar-refractivity contribution in [1.29, 1.82) is 0 Å². The van der Waals surface area contributed by atoms with E-state index in [1.807, 2.05) is 48.5 Å². The Morgan fingerprint density at radius 3 is 2.53 bits per heavy atom. The second-order valence-electron chi connectivity index (χ2n) is 14.3. The number of aliphatic hydroxyl groups excluding tert-OH is 2. The molecule has 2 aromatic carbocycles. The number of nitrogens with zero attached hydrogens (tertiary/aromatic N) is 1. The van der Waals surface area contributed by atoms with E-state index in [-0.39, 0.29) is 18.9 Å². The van der Waals surface area contributed by atoms with Crippen molar-refractivity contribution < 1.29 is 38.4 Å². The highest BCUT2D eigenvalue weighted by Gasteiger charge is 2.36. The smallest absolute Gasteiger partial charge is 0.407 e. The van der Waals surface area contributed by atoms with E-state index in [1.54, 1.807) is 12.1 Å². The molecule has 0 bridgehead atoms. The van der Waals surface area contributed by atoms with E-state index >= 15 is 0 Å². The van der Waals surface area contributed by atoms with E-state index < -0.39 is 36.3 Å². The lowest BCUT2D eigenvalue weighted by Crippen LogP contribution is -2.47. The van der Waals surface area contributed by atoms with Crippen LogP contribution in [0.15, 0.2) is 71.3 Å². The van der Waals surface area contributed by atoms with Crippen molar-refractivity contribution in [3.8, 4) is 5.75 Å². The van der Waals surface area contributed by atoms with Gasteiger partial charge in [-0.1, -0.05) is 68.5 Å². The van der Waals surface area contributed by atoms with Crippen LogP contribution in [0.3, 0.4) is 0 Å². The minimum atomic E-state index is -1.01. The van der Waals surface area contributed by atoms with Gasteiger partial charge in [-0.2, -0.15) is 0 Å². The van der Waals surface area contributed by atoms with Gasteiger partial charge in [-0.25, -0.2) is 4.79 Å². The van der Waals surface area contributed by atoms with Gasteiger partial charge in [-0.05, 0) is 66.1 Å². The number of ether oxygens (including phenoxy) is 3. The fourth-order valence-electron chi connectivity index (χ4n) is 7.70. The van der Waals surface area contributed by atoms with Gasteiger partial charge in [0.1, 0.15) is 18.1 Å². The van der Waals surface area contributed by atoms with Gasteiger partial charge in [0.25, 0.3) is 0 Å². The molecule has 2 aliphatic carbocycles. The van der Waals surface area contributed by atoms with E-state index in [0.29, 0.717) is 37.5 Å². The van der Waals surface area contributed by atoms with Gasteiger partial charge in [0.15, 0.2) is 6.61 Å². The topological polar surface area (TPSA) is 143 Å². The molecule has 3 aromatic rings. The fraction of sp³-hybridized carbons (Fsp3) is 0.550. The van der Waals surface area contributed by atoms with Crippen molar-refractivity contribution >= 4 is 12.0 Å². The third-order valence-corrected chi connectivity index (χ3v) is 10.6. The fourth-order valence-corrected chi connectivity index (χ4v) is 7.70. The second-order valence-corrected chi connectivity index (χ2v) is 14.3. The van der Waals surface area contributed by atoms with Gasteiger partial charge in [0.05, 0.1) is 43.8 Å². The highest BCUT2D eigenvalue weighted by molar-refractivity contribution is 5.80. The van der Waals surface area contributed by atoms with E-state index in [2.05, 4.69) is 15.5 Å². The van der Waals surface area contributed by atoms with E-state index in [0.717, 1.165) is 81.0 Å². The molecular formula is C40H53N3O8. The quantitative estimate of drug-likeness (QED) is 0.163. The largest absolute Gasteiger partial charge is 0.492 e. The van der Waals surface area contributed by atoms with Crippen molar-refractivity contribution in [3.05, 3.63) is 89.4 Å². The third-order valence-electron chi connectivity index (χ3n) is 10.6. The number of nitrogens with one attached hydrogen (secondary N) is 2. The molecule has 1 saturated carbocycles. The minimum Gasteiger partial charge on any atom is -0.492 e. The van der Waals surface area contributed by atoms with Gasteiger partial charge < -0.3 is 39.5 Å². The summed E-state index contributed by atoms with van der Waals surface area (Å²) in [6.07, 6.45) is 6.19. The maximum atomic E-state index is 14.1. The number of aliphatic hydroxyl groups is 2. The number of alkyl carbamates (subject to hydrolysis) is 1. The first kappa shape index (κ1) is 36.9.